The molecular weight excluding hydrogens is 352 g/mol. The number of aryl methyl sites for hydroxylation is 2. The first-order chi connectivity index (χ1) is 13.1. The summed E-state index contributed by atoms with van der Waals surface area (Å²) < 4.78 is 21.2. The van der Waals surface area contributed by atoms with Crippen LogP contribution in [0.5, 0.6) is 0 Å². The van der Waals surface area contributed by atoms with Gasteiger partial charge in [0.1, 0.15) is 12.4 Å². The van der Waals surface area contributed by atoms with Gasteiger partial charge >= 0.3 is 0 Å². The number of hydrogen-bond acceptors (Lipinski definition) is 8. The molecule has 2 aromatic rings. The number of ether oxygens (including phenoxy) is 2. The van der Waals surface area contributed by atoms with Gasteiger partial charge in [0, 0.05) is 32.2 Å². The Balaban J connectivity index is 1.41. The molecule has 1 aliphatic rings. The second kappa shape index (κ2) is 9.09. The zero-order valence-electron chi connectivity index (χ0n) is 16.1. The summed E-state index contributed by atoms with van der Waals surface area (Å²) >= 11 is 0. The highest BCUT2D eigenvalue weighted by Crippen LogP contribution is 2.19. The van der Waals surface area contributed by atoms with Gasteiger partial charge in [-0.1, -0.05) is 10.3 Å². The van der Waals surface area contributed by atoms with Gasteiger partial charge < -0.3 is 23.4 Å². The molecule has 9 heteroatoms. The van der Waals surface area contributed by atoms with E-state index < -0.39 is 0 Å². The van der Waals surface area contributed by atoms with Crippen molar-refractivity contribution in [2.45, 2.75) is 52.2 Å². The molecule has 1 saturated heterocycles. The number of amides is 1. The topological polar surface area (TPSA) is 104 Å². The standard InChI is InChI=1S/C18H26N4O5/c1-12-15(13(2)26-20-12)10-18(23)22-7-4-14(5-8-22)25-11-17-19-16(21-27-17)6-9-24-3/h14H,4-11H2,1-3H3. The van der Waals surface area contributed by atoms with Crippen molar-refractivity contribution < 1.29 is 23.3 Å². The van der Waals surface area contributed by atoms with Crippen molar-refractivity contribution in [1.82, 2.24) is 20.2 Å². The molecule has 0 spiro atoms. The minimum atomic E-state index is 0.0856. The highest BCUT2D eigenvalue weighted by Gasteiger charge is 2.25. The maximum atomic E-state index is 12.5. The third-order valence-corrected chi connectivity index (χ3v) is 4.79. The van der Waals surface area contributed by atoms with E-state index in [9.17, 15) is 4.79 Å². The molecule has 3 heterocycles. The van der Waals surface area contributed by atoms with Crippen LogP contribution in [0.2, 0.25) is 0 Å². The lowest BCUT2D eigenvalue weighted by molar-refractivity contribution is -0.133. The molecule has 1 amide bonds. The average molecular weight is 378 g/mol. The van der Waals surface area contributed by atoms with Crippen molar-refractivity contribution in [3.8, 4) is 0 Å². The van der Waals surface area contributed by atoms with E-state index in [0.717, 1.165) is 24.1 Å². The van der Waals surface area contributed by atoms with Crippen LogP contribution >= 0.6 is 0 Å². The smallest absolute Gasteiger partial charge is 0.252 e. The Hall–Kier alpha value is -2.26. The van der Waals surface area contributed by atoms with Gasteiger partial charge in [-0.2, -0.15) is 4.98 Å². The van der Waals surface area contributed by atoms with Crippen molar-refractivity contribution in [1.29, 1.82) is 0 Å². The molecule has 0 atom stereocenters. The average Bonchev–Trinajstić information content (AvgIpc) is 3.26. The first kappa shape index (κ1) is 19.5. The molecular formula is C18H26N4O5. The minimum Gasteiger partial charge on any atom is -0.384 e. The number of aromatic nitrogens is 3. The van der Waals surface area contributed by atoms with Crippen molar-refractivity contribution >= 4 is 5.91 Å². The summed E-state index contributed by atoms with van der Waals surface area (Å²) in [6, 6.07) is 0. The van der Waals surface area contributed by atoms with Gasteiger partial charge in [-0.05, 0) is 26.7 Å². The quantitative estimate of drug-likeness (QED) is 0.682. The summed E-state index contributed by atoms with van der Waals surface area (Å²) in [5.41, 5.74) is 1.67. The third kappa shape index (κ3) is 5.14. The van der Waals surface area contributed by atoms with Crippen LogP contribution in [0.15, 0.2) is 9.05 Å². The molecule has 148 valence electrons. The normalized spacial score (nSPS) is 15.4. The largest absolute Gasteiger partial charge is 0.384 e. The Morgan fingerprint density at radius 2 is 2.00 bits per heavy atom. The first-order valence-electron chi connectivity index (χ1n) is 9.18. The lowest BCUT2D eigenvalue weighted by Crippen LogP contribution is -2.41. The fraction of sp³-hybridized carbons (Fsp3) is 0.667. The van der Waals surface area contributed by atoms with Crippen LogP contribution in [-0.2, 0) is 33.7 Å². The molecule has 3 rings (SSSR count). The van der Waals surface area contributed by atoms with E-state index in [2.05, 4.69) is 15.3 Å². The molecule has 0 aliphatic carbocycles. The van der Waals surface area contributed by atoms with Gasteiger partial charge in [0.05, 0.1) is 24.8 Å². The van der Waals surface area contributed by atoms with Crippen molar-refractivity contribution in [3.05, 3.63) is 28.7 Å². The SMILES string of the molecule is COCCc1noc(COC2CCN(C(=O)Cc3c(C)noc3C)CC2)n1. The molecule has 1 aliphatic heterocycles. The maximum Gasteiger partial charge on any atom is 0.252 e. The van der Waals surface area contributed by atoms with Gasteiger partial charge in [0.2, 0.25) is 5.91 Å². The number of piperidine rings is 1. The summed E-state index contributed by atoms with van der Waals surface area (Å²) in [6.45, 7) is 5.89. The lowest BCUT2D eigenvalue weighted by Gasteiger charge is -2.31. The third-order valence-electron chi connectivity index (χ3n) is 4.79. The van der Waals surface area contributed by atoms with E-state index in [1.165, 1.54) is 0 Å². The van der Waals surface area contributed by atoms with Crippen molar-refractivity contribution in [2.24, 2.45) is 0 Å². The Morgan fingerprint density at radius 3 is 2.67 bits per heavy atom. The van der Waals surface area contributed by atoms with Crippen LogP contribution in [0.1, 0.15) is 41.6 Å². The Kier molecular flexibility index (Phi) is 6.57. The molecule has 1 fully saturated rings. The van der Waals surface area contributed by atoms with Crippen LogP contribution in [0.4, 0.5) is 0 Å². The van der Waals surface area contributed by atoms with Crippen LogP contribution < -0.4 is 0 Å². The van der Waals surface area contributed by atoms with Gasteiger partial charge in [-0.3, -0.25) is 4.79 Å². The number of rotatable bonds is 8. The number of likely N-dealkylation sites (tertiary alicyclic amines) is 1. The maximum absolute atomic E-state index is 12.5. The number of methoxy groups -OCH3 is 1. The molecule has 0 aromatic carbocycles. The van der Waals surface area contributed by atoms with E-state index in [1.54, 1.807) is 7.11 Å². The monoisotopic (exact) mass is 378 g/mol. The van der Waals surface area contributed by atoms with Crippen LogP contribution in [-0.4, -0.2) is 59.0 Å². The van der Waals surface area contributed by atoms with Gasteiger partial charge in [0.25, 0.3) is 5.89 Å². The van der Waals surface area contributed by atoms with Gasteiger partial charge in [-0.15, -0.1) is 0 Å². The van der Waals surface area contributed by atoms with E-state index in [0.29, 0.717) is 50.0 Å². The zero-order chi connectivity index (χ0) is 19.2. The predicted octanol–water partition coefficient (Wildman–Crippen LogP) is 1.61. The van der Waals surface area contributed by atoms with E-state index in [4.69, 9.17) is 18.5 Å². The number of carbonyl (C=O) groups excluding carboxylic acids is 1. The lowest BCUT2D eigenvalue weighted by atomic mass is 10.1. The van der Waals surface area contributed by atoms with Crippen molar-refractivity contribution in [2.75, 3.05) is 26.8 Å². The van der Waals surface area contributed by atoms with Gasteiger partial charge in [0.15, 0.2) is 5.82 Å². The second-order valence-corrected chi connectivity index (χ2v) is 6.72. The molecule has 0 bridgehead atoms. The Labute approximate surface area is 158 Å². The predicted molar refractivity (Wildman–Crippen MR) is 94.0 cm³/mol. The van der Waals surface area contributed by atoms with Crippen LogP contribution in [0.25, 0.3) is 0 Å². The Bertz CT molecular complexity index is 729. The zero-order valence-corrected chi connectivity index (χ0v) is 16.1. The van der Waals surface area contributed by atoms with E-state index in [1.807, 2.05) is 18.7 Å². The highest BCUT2D eigenvalue weighted by atomic mass is 16.5. The molecule has 0 radical (unpaired) electrons. The number of carbonyl (C=O) groups is 1. The molecule has 27 heavy (non-hydrogen) atoms. The molecule has 0 N–H and O–H groups in total. The summed E-state index contributed by atoms with van der Waals surface area (Å²) in [4.78, 5) is 18.7. The van der Waals surface area contributed by atoms with E-state index in [-0.39, 0.29) is 18.6 Å². The van der Waals surface area contributed by atoms with Crippen LogP contribution in [0, 0.1) is 13.8 Å². The molecule has 2 aromatic heterocycles. The first-order valence-corrected chi connectivity index (χ1v) is 9.18. The summed E-state index contributed by atoms with van der Waals surface area (Å²) in [6.07, 6.45) is 2.61. The molecule has 0 unspecified atom stereocenters. The second-order valence-electron chi connectivity index (χ2n) is 6.72. The fourth-order valence-corrected chi connectivity index (χ4v) is 3.12. The summed E-state index contributed by atoms with van der Waals surface area (Å²) in [5.74, 6) is 1.90. The summed E-state index contributed by atoms with van der Waals surface area (Å²) in [7, 11) is 1.63. The Morgan fingerprint density at radius 1 is 1.22 bits per heavy atom. The van der Waals surface area contributed by atoms with Gasteiger partial charge in [-0.25, -0.2) is 0 Å². The number of hydrogen-bond donors (Lipinski definition) is 0. The summed E-state index contributed by atoms with van der Waals surface area (Å²) in [5, 5.41) is 7.80. The fourth-order valence-electron chi connectivity index (χ4n) is 3.12. The highest BCUT2D eigenvalue weighted by molar-refractivity contribution is 5.79. The molecule has 0 saturated carbocycles. The minimum absolute atomic E-state index is 0.0856. The van der Waals surface area contributed by atoms with Crippen molar-refractivity contribution in [3.63, 3.8) is 0 Å². The van der Waals surface area contributed by atoms with E-state index >= 15 is 0 Å². The number of nitrogens with zero attached hydrogens (tertiary/aromatic N) is 4. The molecule has 9 nitrogen and oxygen atoms in total. The van der Waals surface area contributed by atoms with Crippen LogP contribution in [0.3, 0.4) is 0 Å².